The molecule has 1 spiro atoms. The average molecular weight is 398 g/mol. The number of anilines is 2. The first kappa shape index (κ1) is 19.0. The van der Waals surface area contributed by atoms with Gasteiger partial charge in [0.1, 0.15) is 5.84 Å². The number of hydrogen-bond donors (Lipinski definition) is 2. The van der Waals surface area contributed by atoms with Gasteiger partial charge in [0.2, 0.25) is 5.91 Å². The molecule has 1 amide bonds. The lowest BCUT2D eigenvalue weighted by atomic mass is 9.71. The van der Waals surface area contributed by atoms with Crippen LogP contribution in [0.3, 0.4) is 0 Å². The molecule has 2 heterocycles. The van der Waals surface area contributed by atoms with Gasteiger partial charge in [-0.2, -0.15) is 0 Å². The van der Waals surface area contributed by atoms with Crippen LogP contribution >= 0.6 is 11.6 Å². The molecule has 6 heteroatoms. The number of ether oxygens (including phenoxy) is 1. The molecule has 4 rings (SSSR count). The lowest BCUT2D eigenvalue weighted by molar-refractivity contribution is -0.114. The van der Waals surface area contributed by atoms with Crippen LogP contribution in [0, 0.1) is 5.41 Å². The second-order valence-corrected chi connectivity index (χ2v) is 7.94. The molecular formula is C22H24ClN3O2. The van der Waals surface area contributed by atoms with Crippen LogP contribution in [0.1, 0.15) is 30.9 Å². The van der Waals surface area contributed by atoms with E-state index in [1.165, 1.54) is 6.92 Å². The first-order valence-corrected chi connectivity index (χ1v) is 9.97. The van der Waals surface area contributed by atoms with Gasteiger partial charge < -0.3 is 15.4 Å². The van der Waals surface area contributed by atoms with Gasteiger partial charge in [-0.3, -0.25) is 9.79 Å². The third-order valence-electron chi connectivity index (χ3n) is 5.52. The van der Waals surface area contributed by atoms with Crippen molar-refractivity contribution in [2.24, 2.45) is 10.4 Å². The van der Waals surface area contributed by atoms with Crippen molar-refractivity contribution in [3.8, 4) is 0 Å². The highest BCUT2D eigenvalue weighted by Crippen LogP contribution is 2.44. The van der Waals surface area contributed by atoms with Gasteiger partial charge in [-0.1, -0.05) is 29.8 Å². The van der Waals surface area contributed by atoms with Crippen LogP contribution in [0.5, 0.6) is 0 Å². The van der Waals surface area contributed by atoms with Crippen molar-refractivity contribution in [1.29, 1.82) is 0 Å². The van der Waals surface area contributed by atoms with Crippen molar-refractivity contribution in [2.45, 2.75) is 32.7 Å². The first-order valence-electron chi connectivity index (χ1n) is 9.59. The number of rotatable bonds is 3. The Balaban J connectivity index is 1.69. The molecule has 5 nitrogen and oxygen atoms in total. The Morgan fingerprint density at radius 3 is 2.79 bits per heavy atom. The van der Waals surface area contributed by atoms with E-state index in [-0.39, 0.29) is 11.3 Å². The van der Waals surface area contributed by atoms with Crippen LogP contribution in [-0.4, -0.2) is 25.0 Å². The van der Waals surface area contributed by atoms with E-state index in [1.807, 2.05) is 42.5 Å². The van der Waals surface area contributed by atoms with E-state index in [2.05, 4.69) is 10.6 Å². The predicted octanol–water partition coefficient (Wildman–Crippen LogP) is 4.66. The molecule has 2 aromatic rings. The quantitative estimate of drug-likeness (QED) is 0.791. The molecule has 0 bridgehead atoms. The molecule has 2 aliphatic rings. The van der Waals surface area contributed by atoms with E-state index in [9.17, 15) is 4.79 Å². The number of nitrogens with one attached hydrogen (secondary N) is 2. The molecule has 2 N–H and O–H groups in total. The maximum Gasteiger partial charge on any atom is 0.221 e. The summed E-state index contributed by atoms with van der Waals surface area (Å²) in [4.78, 5) is 16.6. The maximum atomic E-state index is 11.6. The van der Waals surface area contributed by atoms with Crippen LogP contribution in [0.2, 0.25) is 5.02 Å². The lowest BCUT2D eigenvalue weighted by Crippen LogP contribution is -2.46. The second kappa shape index (κ2) is 7.94. The number of benzene rings is 2. The van der Waals surface area contributed by atoms with Crippen LogP contribution in [0.4, 0.5) is 11.4 Å². The summed E-state index contributed by atoms with van der Waals surface area (Å²) < 4.78 is 5.64. The Labute approximate surface area is 170 Å². The summed E-state index contributed by atoms with van der Waals surface area (Å²) in [5.74, 6) is 0.943. The van der Waals surface area contributed by atoms with Crippen LogP contribution in [0.25, 0.3) is 0 Å². The standard InChI is InChI=1S/C22H24ClN3O2/c1-15(27)25-19-6-3-7-20-18(19)13-22(8-10-28-11-9-22)21(26-20)24-14-16-4-2-5-17(23)12-16/h2-7,12H,8-11,13-14H2,1H3,(H,24,26)(H,25,27). The molecular weight excluding hydrogens is 374 g/mol. The Morgan fingerprint density at radius 1 is 1.25 bits per heavy atom. The Bertz CT molecular complexity index is 920. The highest BCUT2D eigenvalue weighted by molar-refractivity contribution is 6.30. The van der Waals surface area contributed by atoms with Gasteiger partial charge in [-0.25, -0.2) is 0 Å². The third-order valence-corrected chi connectivity index (χ3v) is 5.75. The number of carbonyl (C=O) groups is 1. The fourth-order valence-electron chi connectivity index (χ4n) is 4.07. The predicted molar refractivity (Wildman–Crippen MR) is 113 cm³/mol. The summed E-state index contributed by atoms with van der Waals surface area (Å²) in [5, 5.41) is 7.26. The summed E-state index contributed by atoms with van der Waals surface area (Å²) in [5.41, 5.74) is 4.01. The molecule has 1 saturated heterocycles. The van der Waals surface area contributed by atoms with E-state index in [4.69, 9.17) is 21.3 Å². The van der Waals surface area contributed by atoms with Crippen molar-refractivity contribution in [1.82, 2.24) is 0 Å². The first-order chi connectivity index (χ1) is 13.6. The number of fused-ring (bicyclic) bond motifs is 1. The number of amides is 1. The largest absolute Gasteiger partial charge is 0.381 e. The monoisotopic (exact) mass is 397 g/mol. The van der Waals surface area contributed by atoms with Gasteiger partial charge in [-0.05, 0) is 49.1 Å². The second-order valence-electron chi connectivity index (χ2n) is 7.50. The minimum atomic E-state index is -0.0988. The van der Waals surface area contributed by atoms with E-state index < -0.39 is 0 Å². The van der Waals surface area contributed by atoms with Crippen LogP contribution in [-0.2, 0) is 22.5 Å². The smallest absolute Gasteiger partial charge is 0.221 e. The number of hydrogen-bond acceptors (Lipinski definition) is 3. The average Bonchev–Trinajstić information content (AvgIpc) is 2.67. The zero-order valence-electron chi connectivity index (χ0n) is 15.9. The molecule has 1 fully saturated rings. The molecule has 0 aromatic heterocycles. The van der Waals surface area contributed by atoms with E-state index in [0.29, 0.717) is 6.54 Å². The molecule has 0 atom stereocenters. The van der Waals surface area contributed by atoms with E-state index >= 15 is 0 Å². The highest BCUT2D eigenvalue weighted by Gasteiger charge is 2.42. The molecule has 0 unspecified atom stereocenters. The molecule has 2 aromatic carbocycles. The van der Waals surface area contributed by atoms with Crippen LogP contribution < -0.4 is 10.6 Å². The fraction of sp³-hybridized carbons (Fsp3) is 0.364. The van der Waals surface area contributed by atoms with Crippen molar-refractivity contribution < 1.29 is 9.53 Å². The van der Waals surface area contributed by atoms with Gasteiger partial charge in [0.15, 0.2) is 0 Å². The number of nitrogens with zero attached hydrogens (tertiary/aromatic N) is 1. The SMILES string of the molecule is CC(=O)Nc1cccc2c1CC1(CCOCC1)C(=NCc1cccc(Cl)c1)N2. The minimum absolute atomic E-state index is 0.0603. The van der Waals surface area contributed by atoms with E-state index in [1.54, 1.807) is 0 Å². The Morgan fingerprint density at radius 2 is 2.04 bits per heavy atom. The topological polar surface area (TPSA) is 62.7 Å². The van der Waals surface area contributed by atoms with Crippen molar-refractivity contribution in [2.75, 3.05) is 23.8 Å². The van der Waals surface area contributed by atoms with E-state index in [0.717, 1.165) is 65.8 Å². The molecule has 0 saturated carbocycles. The van der Waals surface area contributed by atoms with Gasteiger partial charge >= 0.3 is 0 Å². The summed E-state index contributed by atoms with van der Waals surface area (Å²) in [7, 11) is 0. The number of amidine groups is 1. The molecule has 146 valence electrons. The highest BCUT2D eigenvalue weighted by atomic mass is 35.5. The number of carbonyl (C=O) groups excluding carboxylic acids is 1. The summed E-state index contributed by atoms with van der Waals surface area (Å²) in [6, 6.07) is 13.8. The normalized spacial score (nSPS) is 19.1. The number of halogens is 1. The zero-order chi connectivity index (χ0) is 19.6. The maximum absolute atomic E-state index is 11.6. The van der Waals surface area contributed by atoms with Crippen molar-refractivity contribution in [3.05, 3.63) is 58.6 Å². The fourth-order valence-corrected chi connectivity index (χ4v) is 4.28. The number of aliphatic imine (C=N–C) groups is 1. The minimum Gasteiger partial charge on any atom is -0.381 e. The zero-order valence-corrected chi connectivity index (χ0v) is 16.7. The van der Waals surface area contributed by atoms with Gasteiger partial charge in [0, 0.05) is 47.5 Å². The summed E-state index contributed by atoms with van der Waals surface area (Å²) in [6.45, 7) is 3.55. The molecule has 0 radical (unpaired) electrons. The lowest BCUT2D eigenvalue weighted by Gasteiger charge is -2.43. The Kier molecular flexibility index (Phi) is 5.38. The van der Waals surface area contributed by atoms with Crippen molar-refractivity contribution in [3.63, 3.8) is 0 Å². The molecule has 0 aliphatic carbocycles. The molecule has 2 aliphatic heterocycles. The molecule has 28 heavy (non-hydrogen) atoms. The summed E-state index contributed by atoms with van der Waals surface area (Å²) >= 11 is 6.12. The van der Waals surface area contributed by atoms with Crippen LogP contribution in [0.15, 0.2) is 47.5 Å². The van der Waals surface area contributed by atoms with Gasteiger partial charge in [0.05, 0.1) is 6.54 Å². The summed E-state index contributed by atoms with van der Waals surface area (Å²) in [6.07, 6.45) is 2.65. The third kappa shape index (κ3) is 3.91. The van der Waals surface area contributed by atoms with Gasteiger partial charge in [0.25, 0.3) is 0 Å². The Hall–Kier alpha value is -2.37. The van der Waals surface area contributed by atoms with Crippen molar-refractivity contribution >= 4 is 34.7 Å². The van der Waals surface area contributed by atoms with Gasteiger partial charge in [-0.15, -0.1) is 0 Å².